The zero-order valence-corrected chi connectivity index (χ0v) is 9.19. The summed E-state index contributed by atoms with van der Waals surface area (Å²) in [6, 6.07) is 1.41. The van der Waals surface area contributed by atoms with E-state index in [1.165, 1.54) is 6.07 Å². The average molecular weight is 212 g/mol. The highest BCUT2D eigenvalue weighted by molar-refractivity contribution is 5.42. The number of nitrogens with zero attached hydrogens (tertiary/aromatic N) is 3. The van der Waals surface area contributed by atoms with E-state index in [2.05, 4.69) is 9.97 Å². The summed E-state index contributed by atoms with van der Waals surface area (Å²) in [5.41, 5.74) is -0.200. The number of aromatic nitrogens is 2. The maximum Gasteiger partial charge on any atom is 0.254 e. The molecule has 0 aliphatic carbocycles. The van der Waals surface area contributed by atoms with Gasteiger partial charge in [-0.15, -0.1) is 0 Å². The van der Waals surface area contributed by atoms with Gasteiger partial charge in [-0.3, -0.25) is 9.78 Å². The molecule has 0 aliphatic rings. The Kier molecular flexibility index (Phi) is 3.68. The van der Waals surface area contributed by atoms with Crippen LogP contribution in [-0.4, -0.2) is 49.4 Å². The maximum atomic E-state index is 11.3. The number of anilines is 2. The van der Waals surface area contributed by atoms with Crippen molar-refractivity contribution >= 4 is 11.8 Å². The van der Waals surface area contributed by atoms with E-state index in [-0.39, 0.29) is 12.2 Å². The molecular formula is C9H16N4O2. The van der Waals surface area contributed by atoms with Gasteiger partial charge in [0.15, 0.2) is 0 Å². The fourth-order valence-corrected chi connectivity index (χ4v) is 1.10. The summed E-state index contributed by atoms with van der Waals surface area (Å²) >= 11 is 0. The smallest absolute Gasteiger partial charge is 0.254 e. The van der Waals surface area contributed by atoms with Gasteiger partial charge >= 0.3 is 0 Å². The molecule has 0 aliphatic heterocycles. The van der Waals surface area contributed by atoms with Crippen LogP contribution in [-0.2, 0) is 0 Å². The molecular weight excluding hydrogens is 196 g/mol. The summed E-state index contributed by atoms with van der Waals surface area (Å²) in [6.07, 6.45) is 0. The molecule has 0 fully saturated rings. The van der Waals surface area contributed by atoms with Gasteiger partial charge in [-0.25, -0.2) is 0 Å². The van der Waals surface area contributed by atoms with Crippen molar-refractivity contribution in [2.75, 3.05) is 44.1 Å². The summed E-state index contributed by atoms with van der Waals surface area (Å²) < 4.78 is 0. The van der Waals surface area contributed by atoms with Crippen molar-refractivity contribution in [1.82, 2.24) is 9.97 Å². The molecule has 0 aromatic carbocycles. The van der Waals surface area contributed by atoms with Gasteiger partial charge in [0.1, 0.15) is 5.82 Å². The second kappa shape index (κ2) is 4.79. The molecule has 0 bridgehead atoms. The van der Waals surface area contributed by atoms with Gasteiger partial charge in [-0.2, -0.15) is 4.98 Å². The Morgan fingerprint density at radius 3 is 2.67 bits per heavy atom. The van der Waals surface area contributed by atoms with Crippen LogP contribution in [0.5, 0.6) is 0 Å². The van der Waals surface area contributed by atoms with Crippen LogP contribution in [0.25, 0.3) is 0 Å². The summed E-state index contributed by atoms with van der Waals surface area (Å²) in [5.74, 6) is 1.05. The van der Waals surface area contributed by atoms with E-state index in [9.17, 15) is 4.79 Å². The highest BCUT2D eigenvalue weighted by atomic mass is 16.3. The van der Waals surface area contributed by atoms with Crippen molar-refractivity contribution in [1.29, 1.82) is 0 Å². The number of hydrogen-bond donors (Lipinski definition) is 2. The number of H-pyrrole nitrogens is 1. The van der Waals surface area contributed by atoms with E-state index in [4.69, 9.17) is 5.11 Å². The number of likely N-dealkylation sites (N-methyl/N-ethyl adjacent to an activating group) is 1. The Labute approximate surface area is 88.2 Å². The van der Waals surface area contributed by atoms with Crippen LogP contribution < -0.4 is 15.4 Å². The first-order valence-electron chi connectivity index (χ1n) is 4.65. The number of aliphatic hydroxyl groups excluding tert-OH is 1. The van der Waals surface area contributed by atoms with Crippen molar-refractivity contribution in [3.63, 3.8) is 0 Å². The predicted octanol–water partition coefficient (Wildman–Crippen LogP) is -0.736. The van der Waals surface area contributed by atoms with E-state index < -0.39 is 0 Å². The summed E-state index contributed by atoms with van der Waals surface area (Å²) in [5, 5.41) is 8.78. The molecule has 84 valence electrons. The van der Waals surface area contributed by atoms with Crippen molar-refractivity contribution < 1.29 is 5.11 Å². The minimum absolute atomic E-state index is 0.0300. The number of aliphatic hydroxyl groups is 1. The van der Waals surface area contributed by atoms with Crippen LogP contribution in [0.3, 0.4) is 0 Å². The molecule has 1 aromatic heterocycles. The first kappa shape index (κ1) is 11.5. The van der Waals surface area contributed by atoms with Crippen LogP contribution in [0.15, 0.2) is 10.9 Å². The zero-order valence-electron chi connectivity index (χ0n) is 9.19. The average Bonchev–Trinajstić information content (AvgIpc) is 2.17. The largest absolute Gasteiger partial charge is 0.395 e. The van der Waals surface area contributed by atoms with Gasteiger partial charge in [0.2, 0.25) is 5.95 Å². The molecule has 1 heterocycles. The first-order chi connectivity index (χ1) is 7.04. The van der Waals surface area contributed by atoms with Crippen LogP contribution >= 0.6 is 0 Å². The van der Waals surface area contributed by atoms with Crippen LogP contribution in [0.1, 0.15) is 0 Å². The van der Waals surface area contributed by atoms with Gasteiger partial charge in [0.25, 0.3) is 5.56 Å². The molecule has 0 radical (unpaired) electrons. The Bertz CT molecular complexity index is 375. The van der Waals surface area contributed by atoms with Crippen molar-refractivity contribution in [3.05, 3.63) is 16.4 Å². The maximum absolute atomic E-state index is 11.3. The molecule has 0 saturated carbocycles. The van der Waals surface area contributed by atoms with Crippen molar-refractivity contribution in [2.45, 2.75) is 0 Å². The van der Waals surface area contributed by atoms with E-state index >= 15 is 0 Å². The lowest BCUT2D eigenvalue weighted by Crippen LogP contribution is -2.26. The topological polar surface area (TPSA) is 72.5 Å². The molecule has 2 N–H and O–H groups in total. The quantitative estimate of drug-likeness (QED) is 0.688. The minimum Gasteiger partial charge on any atom is -0.395 e. The third kappa shape index (κ3) is 2.95. The Morgan fingerprint density at radius 2 is 2.13 bits per heavy atom. The molecule has 0 amide bonds. The lowest BCUT2D eigenvalue weighted by atomic mass is 10.5. The minimum atomic E-state index is -0.200. The van der Waals surface area contributed by atoms with Gasteiger partial charge in [-0.05, 0) is 0 Å². The molecule has 0 unspecified atom stereocenters. The number of nitrogens with one attached hydrogen (secondary N) is 1. The van der Waals surface area contributed by atoms with Gasteiger partial charge in [-0.1, -0.05) is 0 Å². The number of rotatable bonds is 4. The van der Waals surface area contributed by atoms with E-state index in [0.717, 1.165) is 0 Å². The van der Waals surface area contributed by atoms with Gasteiger partial charge in [0.05, 0.1) is 6.61 Å². The lowest BCUT2D eigenvalue weighted by molar-refractivity contribution is 0.304. The first-order valence-corrected chi connectivity index (χ1v) is 4.65. The van der Waals surface area contributed by atoms with Crippen molar-refractivity contribution in [3.8, 4) is 0 Å². The molecule has 1 rings (SSSR count). The Balaban J connectivity index is 3.03. The monoisotopic (exact) mass is 212 g/mol. The molecule has 1 aromatic rings. The van der Waals surface area contributed by atoms with E-state index in [1.807, 2.05) is 0 Å². The van der Waals surface area contributed by atoms with Crippen molar-refractivity contribution in [2.24, 2.45) is 0 Å². The predicted molar refractivity (Wildman–Crippen MR) is 59.5 cm³/mol. The van der Waals surface area contributed by atoms with E-state index in [0.29, 0.717) is 18.3 Å². The molecule has 6 heteroatoms. The normalized spacial score (nSPS) is 10.1. The highest BCUT2D eigenvalue weighted by Gasteiger charge is 2.06. The third-order valence-corrected chi connectivity index (χ3v) is 1.97. The second-order valence-electron chi connectivity index (χ2n) is 3.47. The molecule has 15 heavy (non-hydrogen) atoms. The van der Waals surface area contributed by atoms with Gasteiger partial charge < -0.3 is 14.9 Å². The van der Waals surface area contributed by atoms with Crippen LogP contribution in [0.2, 0.25) is 0 Å². The summed E-state index contributed by atoms with van der Waals surface area (Å²) in [7, 11) is 5.37. The van der Waals surface area contributed by atoms with Gasteiger partial charge in [0, 0.05) is 33.8 Å². The summed E-state index contributed by atoms with van der Waals surface area (Å²) in [6.45, 7) is 0.478. The zero-order chi connectivity index (χ0) is 11.4. The third-order valence-electron chi connectivity index (χ3n) is 1.97. The lowest BCUT2D eigenvalue weighted by Gasteiger charge is -2.18. The SMILES string of the molecule is CN(C)c1nc(N(C)CCO)cc(=O)[nH]1. The number of hydrogen-bond acceptors (Lipinski definition) is 5. The standard InChI is InChI=1S/C9H16N4O2/c1-12(2)9-10-7(6-8(15)11-9)13(3)4-5-14/h6,14H,4-5H2,1-3H3,(H,10,11,15). The summed E-state index contributed by atoms with van der Waals surface area (Å²) in [4.78, 5) is 21.6. The Morgan fingerprint density at radius 1 is 1.47 bits per heavy atom. The molecule has 0 atom stereocenters. The highest BCUT2D eigenvalue weighted by Crippen LogP contribution is 2.08. The fourth-order valence-electron chi connectivity index (χ4n) is 1.10. The molecule has 0 saturated heterocycles. The van der Waals surface area contributed by atoms with Crippen LogP contribution in [0, 0.1) is 0 Å². The molecule has 0 spiro atoms. The van der Waals surface area contributed by atoms with E-state index in [1.54, 1.807) is 30.9 Å². The second-order valence-corrected chi connectivity index (χ2v) is 3.47. The van der Waals surface area contributed by atoms with Crippen LogP contribution in [0.4, 0.5) is 11.8 Å². The fraction of sp³-hybridized carbons (Fsp3) is 0.556. The molecule has 6 nitrogen and oxygen atoms in total. The Hall–Kier alpha value is -1.56. The number of aromatic amines is 1.